The molecule has 3 aromatic rings. The van der Waals surface area contributed by atoms with E-state index in [4.69, 9.17) is 0 Å². The first kappa shape index (κ1) is 22.7. The second kappa shape index (κ2) is 9.15. The van der Waals surface area contributed by atoms with E-state index in [9.17, 15) is 18.3 Å². The predicted octanol–water partition coefficient (Wildman–Crippen LogP) is 4.13. The van der Waals surface area contributed by atoms with Gasteiger partial charge in [-0.25, -0.2) is 13.2 Å². The molecule has 0 saturated carbocycles. The van der Waals surface area contributed by atoms with Crippen molar-refractivity contribution in [3.05, 3.63) is 83.4 Å². The molecule has 1 fully saturated rings. The molecule has 1 heterocycles. The normalized spacial score (nSPS) is 14.2. The Labute approximate surface area is 194 Å². The van der Waals surface area contributed by atoms with Crippen molar-refractivity contribution in [1.82, 2.24) is 0 Å². The summed E-state index contributed by atoms with van der Waals surface area (Å²) in [5.74, 6) is -1.09. The first-order chi connectivity index (χ1) is 15.7. The number of carbonyl (C=O) groups is 1. The standard InChI is InChI=1S/C25H27N3O4S/c1-18-8-10-22(16-19(18)2)33(31,32)26-20-9-11-24(23(17-20)25(29)30)28-14-12-27(13-15-28)21-6-4-3-5-7-21/h3-11,16-17,26H,12-15H2,1-2H3,(H,29,30). The van der Waals surface area contributed by atoms with Crippen LogP contribution in [0.3, 0.4) is 0 Å². The smallest absolute Gasteiger partial charge is 0.337 e. The van der Waals surface area contributed by atoms with E-state index in [-0.39, 0.29) is 16.1 Å². The van der Waals surface area contributed by atoms with Crippen molar-refractivity contribution in [2.45, 2.75) is 18.7 Å². The third-order valence-corrected chi connectivity index (χ3v) is 7.39. The highest BCUT2D eigenvalue weighted by Gasteiger charge is 2.23. The van der Waals surface area contributed by atoms with Gasteiger partial charge in [0.05, 0.1) is 16.1 Å². The van der Waals surface area contributed by atoms with E-state index in [2.05, 4.69) is 21.8 Å². The second-order valence-electron chi connectivity index (χ2n) is 8.20. The summed E-state index contributed by atoms with van der Waals surface area (Å²) in [5.41, 5.74) is 3.89. The molecule has 0 unspecified atom stereocenters. The highest BCUT2D eigenvalue weighted by atomic mass is 32.2. The maximum absolute atomic E-state index is 12.8. The number of anilines is 3. The average Bonchev–Trinajstić information content (AvgIpc) is 2.81. The van der Waals surface area contributed by atoms with E-state index < -0.39 is 16.0 Å². The molecule has 0 aromatic heterocycles. The number of para-hydroxylation sites is 1. The monoisotopic (exact) mass is 465 g/mol. The number of aryl methyl sites for hydroxylation is 2. The summed E-state index contributed by atoms with van der Waals surface area (Å²) in [6, 6.07) is 19.7. The van der Waals surface area contributed by atoms with Gasteiger partial charge >= 0.3 is 5.97 Å². The molecule has 1 aliphatic rings. The number of nitrogens with one attached hydrogen (secondary N) is 1. The molecule has 0 spiro atoms. The Bertz CT molecular complexity index is 1270. The minimum atomic E-state index is -3.83. The fraction of sp³-hybridized carbons (Fsp3) is 0.240. The van der Waals surface area contributed by atoms with Crippen LogP contribution in [0.5, 0.6) is 0 Å². The summed E-state index contributed by atoms with van der Waals surface area (Å²) in [4.78, 5) is 16.4. The Balaban J connectivity index is 1.53. The van der Waals surface area contributed by atoms with Crippen molar-refractivity contribution in [2.75, 3.05) is 40.7 Å². The number of rotatable bonds is 6. The van der Waals surface area contributed by atoms with Gasteiger partial charge in [-0.1, -0.05) is 24.3 Å². The third-order valence-electron chi connectivity index (χ3n) is 6.01. The van der Waals surface area contributed by atoms with Gasteiger partial charge in [-0.05, 0) is 67.4 Å². The molecule has 1 aliphatic heterocycles. The van der Waals surface area contributed by atoms with Crippen molar-refractivity contribution in [3.8, 4) is 0 Å². The van der Waals surface area contributed by atoms with Crippen LogP contribution in [0.4, 0.5) is 17.1 Å². The van der Waals surface area contributed by atoms with Gasteiger partial charge in [0.15, 0.2) is 0 Å². The maximum atomic E-state index is 12.8. The summed E-state index contributed by atoms with van der Waals surface area (Å²) in [6.45, 7) is 6.64. The minimum absolute atomic E-state index is 0.0726. The molecule has 33 heavy (non-hydrogen) atoms. The topological polar surface area (TPSA) is 90.0 Å². The molecule has 4 rings (SSSR count). The number of sulfonamides is 1. The van der Waals surface area contributed by atoms with E-state index in [1.807, 2.05) is 36.9 Å². The van der Waals surface area contributed by atoms with Crippen LogP contribution in [0.25, 0.3) is 0 Å². The molecule has 172 valence electrons. The third kappa shape index (κ3) is 4.96. The van der Waals surface area contributed by atoms with Crippen LogP contribution in [-0.2, 0) is 10.0 Å². The van der Waals surface area contributed by atoms with Crippen molar-refractivity contribution in [1.29, 1.82) is 0 Å². The second-order valence-corrected chi connectivity index (χ2v) is 9.88. The Morgan fingerprint density at radius 1 is 0.848 bits per heavy atom. The number of hydrogen-bond acceptors (Lipinski definition) is 5. The molecule has 2 N–H and O–H groups in total. The highest BCUT2D eigenvalue weighted by molar-refractivity contribution is 7.92. The van der Waals surface area contributed by atoms with Crippen molar-refractivity contribution in [2.24, 2.45) is 0 Å². The molecule has 0 bridgehead atoms. The largest absolute Gasteiger partial charge is 0.478 e. The number of carboxylic acids is 1. The van der Waals surface area contributed by atoms with Crippen molar-refractivity contribution < 1.29 is 18.3 Å². The van der Waals surface area contributed by atoms with Crippen LogP contribution >= 0.6 is 0 Å². The Kier molecular flexibility index (Phi) is 6.29. The molecule has 3 aromatic carbocycles. The summed E-state index contributed by atoms with van der Waals surface area (Å²) in [6.07, 6.45) is 0. The molecule has 0 atom stereocenters. The first-order valence-electron chi connectivity index (χ1n) is 10.8. The Hall–Kier alpha value is -3.52. The van der Waals surface area contributed by atoms with Crippen LogP contribution in [-0.4, -0.2) is 45.7 Å². The lowest BCUT2D eigenvalue weighted by Crippen LogP contribution is -2.47. The summed E-state index contributed by atoms with van der Waals surface area (Å²) in [7, 11) is -3.83. The van der Waals surface area contributed by atoms with Crippen molar-refractivity contribution in [3.63, 3.8) is 0 Å². The van der Waals surface area contributed by atoms with E-state index in [0.29, 0.717) is 18.8 Å². The van der Waals surface area contributed by atoms with E-state index in [0.717, 1.165) is 29.9 Å². The fourth-order valence-electron chi connectivity index (χ4n) is 3.99. The molecule has 7 nitrogen and oxygen atoms in total. The van der Waals surface area contributed by atoms with Gasteiger partial charge in [0, 0.05) is 37.6 Å². The average molecular weight is 466 g/mol. The zero-order chi connectivity index (χ0) is 23.6. The Morgan fingerprint density at radius 3 is 2.15 bits per heavy atom. The lowest BCUT2D eigenvalue weighted by Gasteiger charge is -2.38. The highest BCUT2D eigenvalue weighted by Crippen LogP contribution is 2.28. The Morgan fingerprint density at radius 2 is 1.52 bits per heavy atom. The molecule has 0 radical (unpaired) electrons. The molecule has 8 heteroatoms. The summed E-state index contributed by atoms with van der Waals surface area (Å²) in [5, 5.41) is 9.82. The number of benzene rings is 3. The SMILES string of the molecule is Cc1ccc(S(=O)(=O)Nc2ccc(N3CCN(c4ccccc4)CC3)c(C(=O)O)c2)cc1C. The predicted molar refractivity (Wildman–Crippen MR) is 131 cm³/mol. The van der Waals surface area contributed by atoms with Gasteiger partial charge in [-0.15, -0.1) is 0 Å². The molecular weight excluding hydrogens is 438 g/mol. The number of hydrogen-bond donors (Lipinski definition) is 2. The van der Waals surface area contributed by atoms with Gasteiger partial charge in [-0.3, -0.25) is 4.72 Å². The van der Waals surface area contributed by atoms with Gasteiger partial charge in [0.1, 0.15) is 0 Å². The molecular formula is C25H27N3O4S. The number of aromatic carboxylic acids is 1. The minimum Gasteiger partial charge on any atom is -0.478 e. The lowest BCUT2D eigenvalue weighted by atomic mass is 10.1. The lowest BCUT2D eigenvalue weighted by molar-refractivity contribution is 0.0697. The van der Waals surface area contributed by atoms with Gasteiger partial charge in [-0.2, -0.15) is 0 Å². The number of piperazine rings is 1. The van der Waals surface area contributed by atoms with E-state index >= 15 is 0 Å². The zero-order valence-electron chi connectivity index (χ0n) is 18.7. The summed E-state index contributed by atoms with van der Waals surface area (Å²) >= 11 is 0. The van der Waals surface area contributed by atoms with Crippen LogP contribution < -0.4 is 14.5 Å². The maximum Gasteiger partial charge on any atom is 0.337 e. The van der Waals surface area contributed by atoms with Gasteiger partial charge < -0.3 is 14.9 Å². The van der Waals surface area contributed by atoms with E-state index in [1.54, 1.807) is 30.3 Å². The van der Waals surface area contributed by atoms with Gasteiger partial charge in [0.2, 0.25) is 0 Å². The van der Waals surface area contributed by atoms with Crippen LogP contribution in [0.2, 0.25) is 0 Å². The van der Waals surface area contributed by atoms with Crippen LogP contribution in [0.15, 0.2) is 71.6 Å². The summed E-state index contributed by atoms with van der Waals surface area (Å²) < 4.78 is 28.2. The molecule has 0 amide bonds. The van der Waals surface area contributed by atoms with Gasteiger partial charge in [0.25, 0.3) is 10.0 Å². The number of carboxylic acid groups (broad SMARTS) is 1. The number of nitrogens with zero attached hydrogens (tertiary/aromatic N) is 2. The van der Waals surface area contributed by atoms with Crippen molar-refractivity contribution >= 4 is 33.1 Å². The zero-order valence-corrected chi connectivity index (χ0v) is 19.5. The van der Waals surface area contributed by atoms with Crippen LogP contribution in [0.1, 0.15) is 21.5 Å². The molecule has 0 aliphatic carbocycles. The molecule has 1 saturated heterocycles. The first-order valence-corrected chi connectivity index (χ1v) is 12.3. The van der Waals surface area contributed by atoms with E-state index in [1.165, 1.54) is 6.07 Å². The quantitative estimate of drug-likeness (QED) is 0.569. The fourth-order valence-corrected chi connectivity index (χ4v) is 5.12. The van der Waals surface area contributed by atoms with Crippen LogP contribution in [0, 0.1) is 13.8 Å².